The fraction of sp³-hybridized carbons (Fsp3) is 0.619. The molecule has 1 aromatic carbocycles. The van der Waals surface area contributed by atoms with Gasteiger partial charge in [0.2, 0.25) is 0 Å². The fourth-order valence-electron chi connectivity index (χ4n) is 2.68. The van der Waals surface area contributed by atoms with E-state index < -0.39 is 5.54 Å². The Labute approximate surface area is 147 Å². The summed E-state index contributed by atoms with van der Waals surface area (Å²) in [6, 6.07) is 8.42. The van der Waals surface area contributed by atoms with Crippen LogP contribution in [-0.4, -0.2) is 29.0 Å². The molecule has 3 heteroatoms. The van der Waals surface area contributed by atoms with Gasteiger partial charge in [-0.1, -0.05) is 88.3 Å². The van der Waals surface area contributed by atoms with Gasteiger partial charge >= 0.3 is 0 Å². The lowest BCUT2D eigenvalue weighted by molar-refractivity contribution is 0.152. The quantitative estimate of drug-likeness (QED) is 0.477. The summed E-state index contributed by atoms with van der Waals surface area (Å²) in [5.41, 5.74) is 7.17. The molecule has 0 bridgehead atoms. The maximum absolute atomic E-state index is 9.17. The summed E-state index contributed by atoms with van der Waals surface area (Å²) < 4.78 is 0. The van der Waals surface area contributed by atoms with Crippen molar-refractivity contribution in [2.75, 3.05) is 13.2 Å². The standard InChI is InChI=1S/C21H35NO2/c1-2-3-4-5-6-7-8-9-10-19-11-13-20(14-12-19)15-16-21(22,17-23)18-24/h11-16,23-24H,2-10,17-18,22H2,1H3/b16-15+. The minimum absolute atomic E-state index is 0.267. The monoisotopic (exact) mass is 333 g/mol. The maximum atomic E-state index is 9.17. The molecule has 0 saturated carbocycles. The van der Waals surface area contributed by atoms with E-state index >= 15 is 0 Å². The number of aryl methyl sites for hydroxylation is 1. The lowest BCUT2D eigenvalue weighted by Gasteiger charge is -2.19. The lowest BCUT2D eigenvalue weighted by atomic mass is 10.00. The highest BCUT2D eigenvalue weighted by molar-refractivity contribution is 5.51. The van der Waals surface area contributed by atoms with Crippen molar-refractivity contribution in [3.05, 3.63) is 41.5 Å². The first-order valence-electron chi connectivity index (χ1n) is 9.42. The summed E-state index contributed by atoms with van der Waals surface area (Å²) in [7, 11) is 0. The van der Waals surface area contributed by atoms with Crippen molar-refractivity contribution in [1.82, 2.24) is 0 Å². The minimum Gasteiger partial charge on any atom is -0.394 e. The minimum atomic E-state index is -1.05. The molecule has 0 aliphatic heterocycles. The topological polar surface area (TPSA) is 66.5 Å². The Balaban J connectivity index is 2.26. The van der Waals surface area contributed by atoms with Crippen molar-refractivity contribution < 1.29 is 10.2 Å². The molecule has 4 N–H and O–H groups in total. The molecule has 0 aliphatic rings. The summed E-state index contributed by atoms with van der Waals surface area (Å²) in [5, 5.41) is 18.3. The van der Waals surface area contributed by atoms with Gasteiger partial charge in [-0.15, -0.1) is 0 Å². The molecule has 1 aromatic rings. The largest absolute Gasteiger partial charge is 0.394 e. The predicted molar refractivity (Wildman–Crippen MR) is 103 cm³/mol. The molecule has 1 rings (SSSR count). The van der Waals surface area contributed by atoms with E-state index in [1.165, 1.54) is 56.9 Å². The van der Waals surface area contributed by atoms with Crippen LogP contribution in [0.5, 0.6) is 0 Å². The second-order valence-electron chi connectivity index (χ2n) is 6.85. The molecule has 24 heavy (non-hydrogen) atoms. The van der Waals surface area contributed by atoms with Crippen molar-refractivity contribution in [1.29, 1.82) is 0 Å². The highest BCUT2D eigenvalue weighted by Gasteiger charge is 2.18. The molecule has 0 heterocycles. The van der Waals surface area contributed by atoms with Crippen LogP contribution in [0.3, 0.4) is 0 Å². The molecule has 0 amide bonds. The van der Waals surface area contributed by atoms with E-state index in [0.29, 0.717) is 0 Å². The lowest BCUT2D eigenvalue weighted by Crippen LogP contribution is -2.45. The smallest absolute Gasteiger partial charge is 0.0811 e. The van der Waals surface area contributed by atoms with Gasteiger partial charge < -0.3 is 15.9 Å². The fourth-order valence-corrected chi connectivity index (χ4v) is 2.68. The Hall–Kier alpha value is -1.16. The van der Waals surface area contributed by atoms with Gasteiger partial charge in [-0.05, 0) is 24.0 Å². The average Bonchev–Trinajstić information content (AvgIpc) is 2.63. The van der Waals surface area contributed by atoms with Crippen LogP contribution in [0.4, 0.5) is 0 Å². The number of hydrogen-bond donors (Lipinski definition) is 3. The highest BCUT2D eigenvalue weighted by atomic mass is 16.3. The second kappa shape index (κ2) is 12.2. The molecule has 0 unspecified atom stereocenters. The SMILES string of the molecule is CCCCCCCCCCc1ccc(/C=C/C(N)(CO)CO)cc1. The van der Waals surface area contributed by atoms with E-state index in [1.54, 1.807) is 6.08 Å². The molecule has 0 saturated heterocycles. The Kier molecular flexibility index (Phi) is 10.6. The summed E-state index contributed by atoms with van der Waals surface area (Å²) in [6.45, 7) is 1.72. The van der Waals surface area contributed by atoms with E-state index in [0.717, 1.165) is 12.0 Å². The normalized spacial score (nSPS) is 12.2. The van der Waals surface area contributed by atoms with E-state index in [9.17, 15) is 10.2 Å². The Bertz CT molecular complexity index is 449. The molecule has 0 aliphatic carbocycles. The molecule has 136 valence electrons. The molecule has 0 aromatic heterocycles. The van der Waals surface area contributed by atoms with Crippen molar-refractivity contribution in [3.8, 4) is 0 Å². The number of rotatable bonds is 13. The van der Waals surface area contributed by atoms with Gasteiger partial charge in [-0.2, -0.15) is 0 Å². The molecular formula is C21H35NO2. The Morgan fingerprint density at radius 2 is 1.42 bits per heavy atom. The van der Waals surface area contributed by atoms with Crippen LogP contribution >= 0.6 is 0 Å². The predicted octanol–water partition coefficient (Wildman–Crippen LogP) is 4.07. The first kappa shape index (κ1) is 20.9. The first-order chi connectivity index (χ1) is 11.6. The third kappa shape index (κ3) is 8.62. The summed E-state index contributed by atoms with van der Waals surface area (Å²) in [4.78, 5) is 0. The number of aliphatic hydroxyl groups excluding tert-OH is 2. The molecule has 0 fully saturated rings. The van der Waals surface area contributed by atoms with Crippen molar-refractivity contribution in [2.45, 2.75) is 70.3 Å². The summed E-state index contributed by atoms with van der Waals surface area (Å²) in [5.74, 6) is 0. The summed E-state index contributed by atoms with van der Waals surface area (Å²) >= 11 is 0. The van der Waals surface area contributed by atoms with Crippen LogP contribution in [0.25, 0.3) is 6.08 Å². The average molecular weight is 334 g/mol. The number of benzene rings is 1. The van der Waals surface area contributed by atoms with Crippen molar-refractivity contribution in [2.24, 2.45) is 5.73 Å². The highest BCUT2D eigenvalue weighted by Crippen LogP contribution is 2.13. The third-order valence-corrected chi connectivity index (χ3v) is 4.50. The van der Waals surface area contributed by atoms with Crippen LogP contribution in [-0.2, 0) is 6.42 Å². The van der Waals surface area contributed by atoms with Gasteiger partial charge in [0, 0.05) is 0 Å². The third-order valence-electron chi connectivity index (χ3n) is 4.50. The maximum Gasteiger partial charge on any atom is 0.0811 e. The zero-order valence-corrected chi connectivity index (χ0v) is 15.2. The number of hydrogen-bond acceptors (Lipinski definition) is 3. The van der Waals surface area contributed by atoms with Crippen molar-refractivity contribution in [3.63, 3.8) is 0 Å². The van der Waals surface area contributed by atoms with E-state index in [2.05, 4.69) is 31.2 Å². The second-order valence-corrected chi connectivity index (χ2v) is 6.85. The zero-order chi connectivity index (χ0) is 17.7. The van der Waals surface area contributed by atoms with Gasteiger partial charge in [-0.25, -0.2) is 0 Å². The van der Waals surface area contributed by atoms with Gasteiger partial charge in [0.15, 0.2) is 0 Å². The summed E-state index contributed by atoms with van der Waals surface area (Å²) in [6.07, 6.45) is 15.4. The molecule has 0 atom stereocenters. The van der Waals surface area contributed by atoms with Gasteiger partial charge in [0.25, 0.3) is 0 Å². The van der Waals surface area contributed by atoms with Gasteiger partial charge in [0.05, 0.1) is 18.8 Å². The number of unbranched alkanes of at least 4 members (excludes halogenated alkanes) is 7. The van der Waals surface area contributed by atoms with Crippen LogP contribution in [0.1, 0.15) is 69.4 Å². The first-order valence-corrected chi connectivity index (χ1v) is 9.42. The molecule has 0 spiro atoms. The molecule has 0 radical (unpaired) electrons. The van der Waals surface area contributed by atoms with Crippen LogP contribution < -0.4 is 5.73 Å². The van der Waals surface area contributed by atoms with E-state index in [4.69, 9.17) is 5.73 Å². The number of nitrogens with two attached hydrogens (primary N) is 1. The van der Waals surface area contributed by atoms with Crippen molar-refractivity contribution >= 4 is 6.08 Å². The zero-order valence-electron chi connectivity index (χ0n) is 15.2. The van der Waals surface area contributed by atoms with Crippen LogP contribution in [0, 0.1) is 0 Å². The molecule has 3 nitrogen and oxygen atoms in total. The van der Waals surface area contributed by atoms with E-state index in [-0.39, 0.29) is 13.2 Å². The Morgan fingerprint density at radius 3 is 1.96 bits per heavy atom. The van der Waals surface area contributed by atoms with Gasteiger partial charge in [-0.3, -0.25) is 0 Å². The van der Waals surface area contributed by atoms with Gasteiger partial charge in [0.1, 0.15) is 0 Å². The molecular weight excluding hydrogens is 298 g/mol. The van der Waals surface area contributed by atoms with E-state index in [1.807, 2.05) is 6.08 Å². The Morgan fingerprint density at radius 1 is 0.875 bits per heavy atom. The van der Waals surface area contributed by atoms with Crippen LogP contribution in [0.15, 0.2) is 30.3 Å². The van der Waals surface area contributed by atoms with Crippen LogP contribution in [0.2, 0.25) is 0 Å². The number of aliphatic hydroxyl groups is 2.